The van der Waals surface area contributed by atoms with Gasteiger partial charge in [-0.15, -0.1) is 0 Å². The molecule has 35 heavy (non-hydrogen) atoms. The first-order valence-electron chi connectivity index (χ1n) is 11.3. The van der Waals surface area contributed by atoms with E-state index in [-0.39, 0.29) is 37.4 Å². The van der Waals surface area contributed by atoms with Gasteiger partial charge in [-0.05, 0) is 62.4 Å². The Labute approximate surface area is 203 Å². The summed E-state index contributed by atoms with van der Waals surface area (Å²) in [5.74, 6) is -1.71. The molecule has 9 heteroatoms. The van der Waals surface area contributed by atoms with Gasteiger partial charge in [-0.3, -0.25) is 5.32 Å². The number of esters is 1. The molecule has 1 amide bonds. The van der Waals surface area contributed by atoms with Gasteiger partial charge in [0.05, 0.1) is 18.9 Å². The van der Waals surface area contributed by atoms with E-state index in [0.717, 1.165) is 12.1 Å². The van der Waals surface area contributed by atoms with Crippen LogP contribution in [0.25, 0.3) is 0 Å². The van der Waals surface area contributed by atoms with Crippen LogP contribution in [0.4, 0.5) is 19.3 Å². The lowest BCUT2D eigenvalue weighted by atomic mass is 9.92. The van der Waals surface area contributed by atoms with E-state index < -0.39 is 23.8 Å². The molecule has 2 rings (SSSR count). The van der Waals surface area contributed by atoms with Gasteiger partial charge in [0.1, 0.15) is 30.1 Å². The van der Waals surface area contributed by atoms with E-state index in [9.17, 15) is 18.4 Å². The molecule has 2 aromatic carbocycles. The summed E-state index contributed by atoms with van der Waals surface area (Å²) >= 11 is 0. The molecule has 0 fully saturated rings. The molecule has 0 unspecified atom stereocenters. The first kappa shape index (κ1) is 27.8. The minimum Gasteiger partial charge on any atom is -0.491 e. The number of nitrogens with one attached hydrogen (secondary N) is 1. The molecule has 190 valence electrons. The lowest BCUT2D eigenvalue weighted by molar-refractivity contribution is -0.138. The lowest BCUT2D eigenvalue weighted by Crippen LogP contribution is -2.22. The van der Waals surface area contributed by atoms with Crippen LogP contribution in [0, 0.1) is 17.6 Å². The van der Waals surface area contributed by atoms with Crippen LogP contribution in [-0.2, 0) is 14.3 Å². The topological polar surface area (TPSA) is 94.1 Å². The molecular weight excluding hydrogens is 460 g/mol. The highest BCUT2D eigenvalue weighted by molar-refractivity contribution is 5.87. The number of hydrogen-bond acceptors (Lipinski definition) is 6. The average Bonchev–Trinajstić information content (AvgIpc) is 2.83. The predicted molar refractivity (Wildman–Crippen MR) is 127 cm³/mol. The molecule has 2 atom stereocenters. The van der Waals surface area contributed by atoms with Gasteiger partial charge in [-0.25, -0.2) is 18.4 Å². The van der Waals surface area contributed by atoms with Crippen LogP contribution in [0.1, 0.15) is 45.3 Å². The third-order valence-corrected chi connectivity index (χ3v) is 5.16. The zero-order valence-electron chi connectivity index (χ0n) is 20.1. The summed E-state index contributed by atoms with van der Waals surface area (Å²) < 4.78 is 43.1. The smallest absolute Gasteiger partial charge is 0.412 e. The average molecular weight is 492 g/mol. The van der Waals surface area contributed by atoms with Gasteiger partial charge in [-0.1, -0.05) is 25.1 Å². The van der Waals surface area contributed by atoms with Crippen molar-refractivity contribution in [2.45, 2.75) is 39.7 Å². The summed E-state index contributed by atoms with van der Waals surface area (Å²) in [6.07, 6.45) is 1.28. The predicted octanol–water partition coefficient (Wildman–Crippen LogP) is 5.55. The third kappa shape index (κ3) is 9.01. The highest BCUT2D eigenvalue weighted by atomic mass is 19.1. The fourth-order valence-electron chi connectivity index (χ4n) is 3.32. The number of carbonyl (C=O) groups excluding carboxylic acids is 2. The van der Waals surface area contributed by atoms with Crippen molar-refractivity contribution in [1.82, 2.24) is 0 Å². The van der Waals surface area contributed by atoms with Gasteiger partial charge >= 0.3 is 12.1 Å². The second-order valence-corrected chi connectivity index (χ2v) is 7.88. The van der Waals surface area contributed by atoms with Gasteiger partial charge in [0, 0.05) is 11.6 Å². The van der Waals surface area contributed by atoms with Crippen LogP contribution >= 0.6 is 0 Å². The quantitative estimate of drug-likeness (QED) is 0.299. The molecule has 7 nitrogen and oxygen atoms in total. The van der Waals surface area contributed by atoms with Crippen molar-refractivity contribution >= 4 is 17.7 Å². The van der Waals surface area contributed by atoms with Crippen molar-refractivity contribution in [3.63, 3.8) is 0 Å². The number of ether oxygens (including phenoxy) is 3. The monoisotopic (exact) mass is 491 g/mol. The molecule has 0 saturated heterocycles. The fourth-order valence-corrected chi connectivity index (χ4v) is 3.32. The van der Waals surface area contributed by atoms with Crippen LogP contribution in [-0.4, -0.2) is 37.0 Å². The van der Waals surface area contributed by atoms with Gasteiger partial charge < -0.3 is 19.3 Å². The molecule has 0 aliphatic carbocycles. The number of anilines is 1. The van der Waals surface area contributed by atoms with Crippen LogP contribution in [0.5, 0.6) is 5.75 Å². The van der Waals surface area contributed by atoms with Gasteiger partial charge in [-0.2, -0.15) is 0 Å². The van der Waals surface area contributed by atoms with Crippen molar-refractivity contribution in [2.24, 2.45) is 5.92 Å². The molecular formula is C26H31F2NO6. The SMILES string of the molecule is CCOC(=O)/C(C)=C/CC[C@H](C)[C@H](OC(=O)Nc1ccc(F)cc1F)c1ccc(OCCO)cc1. The summed E-state index contributed by atoms with van der Waals surface area (Å²) in [4.78, 5) is 24.4. The Hall–Kier alpha value is -3.46. The number of rotatable bonds is 12. The van der Waals surface area contributed by atoms with Crippen molar-refractivity contribution in [3.8, 4) is 5.75 Å². The maximum absolute atomic E-state index is 14.0. The van der Waals surface area contributed by atoms with E-state index >= 15 is 0 Å². The van der Waals surface area contributed by atoms with E-state index in [1.807, 2.05) is 6.92 Å². The molecule has 0 saturated carbocycles. The number of aliphatic hydroxyl groups excluding tert-OH is 1. The summed E-state index contributed by atoms with van der Waals surface area (Å²) in [6, 6.07) is 9.66. The molecule has 0 aromatic heterocycles. The van der Waals surface area contributed by atoms with E-state index in [2.05, 4.69) is 5.32 Å². The fraction of sp³-hybridized carbons (Fsp3) is 0.385. The van der Waals surface area contributed by atoms with Gasteiger partial charge in [0.2, 0.25) is 0 Å². The van der Waals surface area contributed by atoms with E-state index in [4.69, 9.17) is 19.3 Å². The zero-order valence-corrected chi connectivity index (χ0v) is 20.1. The molecule has 0 heterocycles. The Balaban J connectivity index is 2.15. The Kier molecular flexibility index (Phi) is 11.2. The molecule has 2 N–H and O–H groups in total. The van der Waals surface area contributed by atoms with Crippen molar-refractivity contribution in [3.05, 3.63) is 71.3 Å². The number of allylic oxidation sites excluding steroid dienone is 1. The maximum Gasteiger partial charge on any atom is 0.412 e. The van der Waals surface area contributed by atoms with Crippen molar-refractivity contribution in [1.29, 1.82) is 0 Å². The summed E-state index contributed by atoms with van der Waals surface area (Å²) in [5.41, 5.74) is 0.963. The normalized spacial score (nSPS) is 13.0. The lowest BCUT2D eigenvalue weighted by Gasteiger charge is -2.25. The summed E-state index contributed by atoms with van der Waals surface area (Å²) in [7, 11) is 0. The van der Waals surface area contributed by atoms with Gasteiger partial charge in [0.15, 0.2) is 0 Å². The summed E-state index contributed by atoms with van der Waals surface area (Å²) in [6.45, 7) is 5.61. The van der Waals surface area contributed by atoms with Crippen molar-refractivity contribution < 1.29 is 37.7 Å². The number of benzene rings is 2. The highest BCUT2D eigenvalue weighted by Crippen LogP contribution is 2.31. The molecule has 0 bridgehead atoms. The summed E-state index contributed by atoms with van der Waals surface area (Å²) in [5, 5.41) is 11.2. The Morgan fingerprint density at radius 3 is 2.49 bits per heavy atom. The maximum atomic E-state index is 14.0. The number of amides is 1. The van der Waals surface area contributed by atoms with Crippen LogP contribution in [0.2, 0.25) is 0 Å². The van der Waals surface area contributed by atoms with E-state index in [1.54, 1.807) is 44.2 Å². The van der Waals surface area contributed by atoms with Crippen LogP contribution in [0.3, 0.4) is 0 Å². The van der Waals surface area contributed by atoms with Gasteiger partial charge in [0.25, 0.3) is 0 Å². The minimum absolute atomic E-state index is 0.122. The number of aliphatic hydroxyl groups is 1. The highest BCUT2D eigenvalue weighted by Gasteiger charge is 2.24. The first-order valence-corrected chi connectivity index (χ1v) is 11.3. The van der Waals surface area contributed by atoms with E-state index in [0.29, 0.717) is 35.8 Å². The standard InChI is InChI=1S/C26H31F2NO6/c1-4-33-25(31)18(3)7-5-6-17(2)24(19-8-11-21(12-9-19)34-15-14-30)35-26(32)29-23-13-10-20(27)16-22(23)28/h7-13,16-17,24,30H,4-6,14-15H2,1-3H3,(H,29,32)/b18-7+/t17-,24-/m0/s1. The zero-order chi connectivity index (χ0) is 25.8. The first-order chi connectivity index (χ1) is 16.7. The van der Waals surface area contributed by atoms with Crippen LogP contribution < -0.4 is 10.1 Å². The minimum atomic E-state index is -0.920. The Bertz CT molecular complexity index is 1010. The van der Waals surface area contributed by atoms with E-state index in [1.165, 1.54) is 0 Å². The Morgan fingerprint density at radius 1 is 1.14 bits per heavy atom. The van der Waals surface area contributed by atoms with Crippen LogP contribution in [0.15, 0.2) is 54.1 Å². The number of hydrogen-bond donors (Lipinski definition) is 2. The largest absolute Gasteiger partial charge is 0.491 e. The second kappa shape index (κ2) is 14.1. The Morgan fingerprint density at radius 2 is 1.86 bits per heavy atom. The molecule has 2 aromatic rings. The molecule has 0 aliphatic heterocycles. The second-order valence-electron chi connectivity index (χ2n) is 7.88. The van der Waals surface area contributed by atoms with Crippen molar-refractivity contribution in [2.75, 3.05) is 25.1 Å². The third-order valence-electron chi connectivity index (χ3n) is 5.16. The molecule has 0 spiro atoms. The molecule has 0 aliphatic rings. The number of halogens is 2. The molecule has 0 radical (unpaired) electrons. The number of carbonyl (C=O) groups is 2.